The highest BCUT2D eigenvalue weighted by molar-refractivity contribution is 7.03. The molecule has 1 heterocycles. The van der Waals surface area contributed by atoms with Crippen LogP contribution in [0.5, 0.6) is 0 Å². The van der Waals surface area contributed by atoms with Crippen LogP contribution in [0.4, 0.5) is 0 Å². The molecule has 0 bridgehead atoms. The molecule has 0 radical (unpaired) electrons. The van der Waals surface area contributed by atoms with Crippen molar-refractivity contribution in [3.63, 3.8) is 0 Å². The van der Waals surface area contributed by atoms with Crippen molar-refractivity contribution in [2.24, 2.45) is 0 Å². The molecule has 17 heavy (non-hydrogen) atoms. The molecule has 0 fully saturated rings. The minimum Gasteiger partial charge on any atom is -0.304 e. The molecular formula is C11H11Cl2N3S. The van der Waals surface area contributed by atoms with Crippen LogP contribution in [0.25, 0.3) is 0 Å². The van der Waals surface area contributed by atoms with Gasteiger partial charge in [0.15, 0.2) is 0 Å². The molecule has 6 heteroatoms. The summed E-state index contributed by atoms with van der Waals surface area (Å²) in [6, 6.07) is 5.66. The van der Waals surface area contributed by atoms with E-state index in [4.69, 9.17) is 23.2 Å². The van der Waals surface area contributed by atoms with E-state index in [1.54, 1.807) is 6.07 Å². The summed E-state index contributed by atoms with van der Waals surface area (Å²) < 4.78 is 3.81. The molecule has 1 unspecified atom stereocenters. The van der Waals surface area contributed by atoms with Crippen LogP contribution in [0.15, 0.2) is 23.6 Å². The summed E-state index contributed by atoms with van der Waals surface area (Å²) in [6.45, 7) is 2.73. The summed E-state index contributed by atoms with van der Waals surface area (Å²) in [6.07, 6.45) is 0. The lowest BCUT2D eigenvalue weighted by Crippen LogP contribution is -2.18. The molecule has 1 N–H and O–H groups in total. The van der Waals surface area contributed by atoms with Crippen LogP contribution in [-0.2, 0) is 6.54 Å². The average Bonchev–Trinajstić information content (AvgIpc) is 2.78. The smallest absolute Gasteiger partial charge is 0.0893 e. The third-order valence-electron chi connectivity index (χ3n) is 2.42. The standard InChI is InChI=1S/C11H11Cl2N3S/c1-7(14-5-9-6-17-16-15-9)10-3-2-8(12)4-11(10)13/h2-4,6-7,14H,5H2,1H3. The van der Waals surface area contributed by atoms with Gasteiger partial charge in [-0.3, -0.25) is 0 Å². The van der Waals surface area contributed by atoms with Gasteiger partial charge in [-0.1, -0.05) is 33.8 Å². The van der Waals surface area contributed by atoms with Gasteiger partial charge < -0.3 is 5.32 Å². The molecule has 0 amide bonds. The molecule has 0 saturated carbocycles. The molecule has 1 atom stereocenters. The highest BCUT2D eigenvalue weighted by Gasteiger charge is 2.10. The van der Waals surface area contributed by atoms with E-state index in [-0.39, 0.29) is 6.04 Å². The number of nitrogens with one attached hydrogen (secondary N) is 1. The Balaban J connectivity index is 2.01. The van der Waals surface area contributed by atoms with Crippen molar-refractivity contribution in [1.82, 2.24) is 14.9 Å². The van der Waals surface area contributed by atoms with E-state index in [1.165, 1.54) is 11.5 Å². The molecule has 2 aromatic rings. The van der Waals surface area contributed by atoms with Crippen molar-refractivity contribution >= 4 is 34.7 Å². The zero-order chi connectivity index (χ0) is 12.3. The van der Waals surface area contributed by atoms with E-state index in [2.05, 4.69) is 21.8 Å². The fraction of sp³-hybridized carbons (Fsp3) is 0.273. The summed E-state index contributed by atoms with van der Waals surface area (Å²) in [7, 11) is 0. The fourth-order valence-corrected chi connectivity index (χ4v) is 2.50. The van der Waals surface area contributed by atoms with Gasteiger partial charge in [0.05, 0.1) is 5.69 Å². The Bertz CT molecular complexity index is 487. The van der Waals surface area contributed by atoms with Crippen molar-refractivity contribution in [3.8, 4) is 0 Å². The highest BCUT2D eigenvalue weighted by atomic mass is 35.5. The predicted octanol–water partition coefficient (Wildman–Crippen LogP) is 3.70. The second-order valence-electron chi connectivity index (χ2n) is 3.66. The number of hydrogen-bond donors (Lipinski definition) is 1. The van der Waals surface area contributed by atoms with Crippen LogP contribution >= 0.6 is 34.7 Å². The monoisotopic (exact) mass is 287 g/mol. The second kappa shape index (κ2) is 5.78. The van der Waals surface area contributed by atoms with Gasteiger partial charge in [0.2, 0.25) is 0 Å². The van der Waals surface area contributed by atoms with Crippen molar-refractivity contribution in [1.29, 1.82) is 0 Å². The van der Waals surface area contributed by atoms with Crippen molar-refractivity contribution in [2.45, 2.75) is 19.5 Å². The van der Waals surface area contributed by atoms with E-state index in [0.29, 0.717) is 16.6 Å². The zero-order valence-electron chi connectivity index (χ0n) is 9.15. The Morgan fingerprint density at radius 3 is 2.88 bits per heavy atom. The quantitative estimate of drug-likeness (QED) is 0.932. The maximum atomic E-state index is 6.13. The minimum absolute atomic E-state index is 0.140. The van der Waals surface area contributed by atoms with Crippen molar-refractivity contribution in [2.75, 3.05) is 0 Å². The van der Waals surface area contributed by atoms with E-state index >= 15 is 0 Å². The molecule has 0 aliphatic carbocycles. The predicted molar refractivity (Wildman–Crippen MR) is 71.6 cm³/mol. The number of hydrogen-bond acceptors (Lipinski definition) is 4. The number of nitrogens with zero attached hydrogens (tertiary/aromatic N) is 2. The van der Waals surface area contributed by atoms with Crippen LogP contribution in [-0.4, -0.2) is 9.59 Å². The van der Waals surface area contributed by atoms with Crippen LogP contribution < -0.4 is 5.32 Å². The molecule has 90 valence electrons. The molecule has 1 aromatic heterocycles. The lowest BCUT2D eigenvalue weighted by atomic mass is 10.1. The summed E-state index contributed by atoms with van der Waals surface area (Å²) >= 11 is 13.3. The van der Waals surface area contributed by atoms with Gasteiger partial charge >= 0.3 is 0 Å². The number of aromatic nitrogens is 2. The SMILES string of the molecule is CC(NCc1csnn1)c1ccc(Cl)cc1Cl. The molecular weight excluding hydrogens is 277 g/mol. The Morgan fingerprint density at radius 2 is 2.24 bits per heavy atom. The largest absolute Gasteiger partial charge is 0.304 e. The highest BCUT2D eigenvalue weighted by Crippen LogP contribution is 2.26. The summed E-state index contributed by atoms with van der Waals surface area (Å²) in [5, 5.41) is 10.6. The first kappa shape index (κ1) is 12.8. The average molecular weight is 288 g/mol. The first-order valence-corrected chi connectivity index (χ1v) is 6.70. The molecule has 1 aromatic carbocycles. The molecule has 3 nitrogen and oxygen atoms in total. The summed E-state index contributed by atoms with van der Waals surface area (Å²) in [5.74, 6) is 0. The molecule has 0 aliphatic heterocycles. The van der Waals surface area contributed by atoms with E-state index in [0.717, 1.165) is 11.3 Å². The van der Waals surface area contributed by atoms with Crippen LogP contribution in [0, 0.1) is 0 Å². The molecule has 0 aliphatic rings. The Labute approximate surface area is 114 Å². The Hall–Kier alpha value is -0.680. The van der Waals surface area contributed by atoms with Gasteiger partial charge in [-0.15, -0.1) is 5.10 Å². The minimum atomic E-state index is 0.140. The van der Waals surface area contributed by atoms with Crippen LogP contribution in [0.3, 0.4) is 0 Å². The zero-order valence-corrected chi connectivity index (χ0v) is 11.5. The van der Waals surface area contributed by atoms with E-state index < -0.39 is 0 Å². The van der Waals surface area contributed by atoms with Gasteiger partial charge in [-0.25, -0.2) is 0 Å². The fourth-order valence-electron chi connectivity index (χ4n) is 1.48. The maximum absolute atomic E-state index is 6.13. The first-order chi connectivity index (χ1) is 8.16. The third kappa shape index (κ3) is 3.39. The number of benzene rings is 1. The van der Waals surface area contributed by atoms with Crippen molar-refractivity contribution in [3.05, 3.63) is 44.9 Å². The van der Waals surface area contributed by atoms with Gasteiger partial charge in [0.25, 0.3) is 0 Å². The molecule has 0 spiro atoms. The number of halogens is 2. The lowest BCUT2D eigenvalue weighted by Gasteiger charge is -2.14. The van der Waals surface area contributed by atoms with Gasteiger partial charge in [-0.2, -0.15) is 0 Å². The topological polar surface area (TPSA) is 37.8 Å². The second-order valence-corrected chi connectivity index (χ2v) is 5.12. The van der Waals surface area contributed by atoms with Gasteiger partial charge in [-0.05, 0) is 36.2 Å². The van der Waals surface area contributed by atoms with E-state index in [9.17, 15) is 0 Å². The normalized spacial score (nSPS) is 12.6. The first-order valence-electron chi connectivity index (χ1n) is 5.11. The maximum Gasteiger partial charge on any atom is 0.0893 e. The molecule has 2 rings (SSSR count). The van der Waals surface area contributed by atoms with Gasteiger partial charge in [0, 0.05) is 28.0 Å². The van der Waals surface area contributed by atoms with E-state index in [1.807, 2.05) is 17.5 Å². The van der Waals surface area contributed by atoms with Crippen LogP contribution in [0.2, 0.25) is 10.0 Å². The Morgan fingerprint density at radius 1 is 1.41 bits per heavy atom. The summed E-state index contributed by atoms with van der Waals surface area (Å²) in [5.41, 5.74) is 1.96. The molecule has 0 saturated heterocycles. The van der Waals surface area contributed by atoms with Crippen molar-refractivity contribution < 1.29 is 0 Å². The number of rotatable bonds is 4. The Kier molecular flexibility index (Phi) is 4.34. The van der Waals surface area contributed by atoms with Crippen LogP contribution in [0.1, 0.15) is 24.2 Å². The van der Waals surface area contributed by atoms with Gasteiger partial charge in [0.1, 0.15) is 0 Å². The third-order valence-corrected chi connectivity index (χ3v) is 3.54. The summed E-state index contributed by atoms with van der Waals surface area (Å²) in [4.78, 5) is 0. The lowest BCUT2D eigenvalue weighted by molar-refractivity contribution is 0.567.